The molecule has 17 heteroatoms. The number of carbonyl (C=O) groups excluding carboxylic acids is 8. The number of esters is 8. The zero-order valence-corrected chi connectivity index (χ0v) is 79.2. The highest BCUT2D eigenvalue weighted by atomic mass is 127. The molecule has 0 aromatic heterocycles. The molecule has 0 heterocycles. The summed E-state index contributed by atoms with van der Waals surface area (Å²) in [5.41, 5.74) is 5.62. The third-order valence-corrected chi connectivity index (χ3v) is 27.2. The van der Waals surface area contributed by atoms with Gasteiger partial charge in [-0.3, -0.25) is 19.2 Å². The molecule has 0 spiro atoms. The van der Waals surface area contributed by atoms with Crippen molar-refractivity contribution < 1.29 is 76.3 Å². The first-order valence-electron chi connectivity index (χ1n) is 47.7. The Kier molecular flexibility index (Phi) is 42.3. The maximum atomic E-state index is 13.8. The van der Waals surface area contributed by atoms with E-state index in [1.54, 1.807) is 48.5 Å². The lowest BCUT2D eigenvalue weighted by atomic mass is 9.67. The third-order valence-electron chi connectivity index (χ3n) is 26.5. The van der Waals surface area contributed by atoms with Gasteiger partial charge < -0.3 is 37.9 Å². The predicted molar refractivity (Wildman–Crippen MR) is 519 cm³/mol. The van der Waals surface area contributed by atoms with Crippen LogP contribution in [0.25, 0.3) is 0 Å². The van der Waals surface area contributed by atoms with Crippen molar-refractivity contribution in [3.05, 3.63) is 225 Å². The number of terminal acetylenes is 1. The zero-order valence-electron chi connectivity index (χ0n) is 77.1. The van der Waals surface area contributed by atoms with Crippen LogP contribution in [0.5, 0.6) is 11.5 Å². The first kappa shape index (κ1) is 102. The van der Waals surface area contributed by atoms with E-state index in [4.69, 9.17) is 44.3 Å². The number of halogens is 1. The van der Waals surface area contributed by atoms with Crippen LogP contribution in [0.1, 0.15) is 306 Å². The molecule has 131 heavy (non-hydrogen) atoms. The Bertz CT molecular complexity index is 5100. The van der Waals surface area contributed by atoms with Crippen molar-refractivity contribution in [1.29, 1.82) is 0 Å². The summed E-state index contributed by atoms with van der Waals surface area (Å²) < 4.78 is 45.7. The predicted octanol–water partition coefficient (Wildman–Crippen LogP) is 23.6. The molecule has 6 aliphatic carbocycles. The number of hydrogen-bond donors (Lipinski definition) is 0. The minimum absolute atomic E-state index is 0.222. The summed E-state index contributed by atoms with van der Waals surface area (Å²) >= 11 is 2.29. The highest BCUT2D eigenvalue weighted by molar-refractivity contribution is 14.1. The monoisotopic (exact) mass is 1880 g/mol. The third kappa shape index (κ3) is 34.1. The standard InChI is InChI=1S/C57H64O8.C40H54O8.C17H11I/c1-4-10-42-12-14-44(15-13-42)16-17-45-18-20-46(21-19-45)34-37-57(38-35-48(36-39-57)47-24-22-43(11-5-2)23-25-47)65-56(61)51-30-32-52(33-31-51)64-55(60)50-28-26-49(27-29-50)54(59)63-41-9-7-8-40-62-53(58)6-3;1-4-10-29-11-13-30(14-12-29)31-23-25-40(6-3,26-24-31)48-39(44)34-19-21-35(22-20-34)47-38(43)33-17-15-32(16-18-33)37(42)46-28-9-7-8-27-45-36(41)5-2;1-2-3-14-4-6-15(7-5-14)8-9-16-10-12-17(18)13-11-16/h6,12-15,18-21,30-33,43,47-50H,3,5,7-9,11,22-29,35-36,38-41H2,1-2H3;3,5,19-22,29-33H,2,4,7-18,23-28H2,1H3;4-7,10-13H,1H3. The van der Waals surface area contributed by atoms with Crippen molar-refractivity contribution >= 4 is 70.3 Å². The first-order valence-corrected chi connectivity index (χ1v) is 48.7. The molecule has 0 bridgehead atoms. The molecule has 6 fully saturated rings. The molecule has 12 rings (SSSR count). The smallest absolute Gasteiger partial charge is 0.339 e. The van der Waals surface area contributed by atoms with Crippen molar-refractivity contribution in [1.82, 2.24) is 0 Å². The van der Waals surface area contributed by atoms with Gasteiger partial charge >= 0.3 is 47.8 Å². The Morgan fingerprint density at radius 1 is 0.359 bits per heavy atom. The van der Waals surface area contributed by atoms with E-state index >= 15 is 0 Å². The second kappa shape index (κ2) is 54.5. The molecular formula is C114H129IO16. The van der Waals surface area contributed by atoms with Gasteiger partial charge in [-0.2, -0.15) is 0 Å². The average Bonchev–Trinajstić information content (AvgIpc) is 0.804. The lowest BCUT2D eigenvalue weighted by Crippen LogP contribution is -2.39. The van der Waals surface area contributed by atoms with Crippen molar-refractivity contribution in [2.24, 2.45) is 59.2 Å². The van der Waals surface area contributed by atoms with Crippen LogP contribution < -0.4 is 9.47 Å². The van der Waals surface area contributed by atoms with Gasteiger partial charge in [-0.05, 0) is 390 Å². The molecule has 6 aromatic rings. The number of carbonyl (C=O) groups is 8. The molecule has 6 aliphatic rings. The van der Waals surface area contributed by atoms with Crippen molar-refractivity contribution in [3.8, 4) is 83.0 Å². The van der Waals surface area contributed by atoms with Gasteiger partial charge in [-0.1, -0.05) is 126 Å². The molecule has 0 aliphatic heterocycles. The van der Waals surface area contributed by atoms with Gasteiger partial charge in [0.05, 0.1) is 61.2 Å². The Labute approximate surface area is 791 Å². The normalized spacial score (nSPS) is 22.3. The van der Waals surface area contributed by atoms with Crippen LogP contribution in [-0.4, -0.2) is 85.4 Å². The van der Waals surface area contributed by atoms with Gasteiger partial charge in [0.2, 0.25) is 0 Å². The maximum Gasteiger partial charge on any atom is 0.339 e. The molecular weight excluding hydrogens is 1750 g/mol. The lowest BCUT2D eigenvalue weighted by molar-refractivity contribution is -0.152. The molecule has 0 amide bonds. The molecule has 0 N–H and O–H groups in total. The van der Waals surface area contributed by atoms with Crippen LogP contribution >= 0.6 is 22.6 Å². The lowest BCUT2D eigenvalue weighted by Gasteiger charge is -2.41. The van der Waals surface area contributed by atoms with Gasteiger partial charge in [0, 0.05) is 54.7 Å². The van der Waals surface area contributed by atoms with Gasteiger partial charge in [0.1, 0.15) is 11.5 Å². The van der Waals surface area contributed by atoms with E-state index in [2.05, 4.69) is 127 Å². The van der Waals surface area contributed by atoms with Crippen LogP contribution in [0.3, 0.4) is 0 Å². The number of unbranched alkanes of at least 4 members (excludes halogenated alkanes) is 4. The van der Waals surface area contributed by atoms with Crippen LogP contribution in [-0.2, 0) is 57.2 Å². The molecule has 6 aromatic carbocycles. The van der Waals surface area contributed by atoms with Gasteiger partial charge in [-0.25, -0.2) is 19.2 Å². The van der Waals surface area contributed by atoms with Gasteiger partial charge in [-0.15, -0.1) is 18.3 Å². The van der Waals surface area contributed by atoms with Crippen LogP contribution in [0.4, 0.5) is 0 Å². The molecule has 0 radical (unpaired) electrons. The summed E-state index contributed by atoms with van der Waals surface area (Å²) in [6.45, 7) is 16.2. The minimum Gasteiger partial charge on any atom is -0.465 e. The van der Waals surface area contributed by atoms with E-state index in [-0.39, 0.29) is 47.5 Å². The fourth-order valence-corrected chi connectivity index (χ4v) is 19.1. The Morgan fingerprint density at radius 3 is 0.969 bits per heavy atom. The second-order valence-electron chi connectivity index (χ2n) is 35.7. The van der Waals surface area contributed by atoms with Crippen LogP contribution in [0.15, 0.2) is 171 Å². The summed E-state index contributed by atoms with van der Waals surface area (Å²) in [4.78, 5) is 100. The molecule has 688 valence electrons. The van der Waals surface area contributed by atoms with Gasteiger partial charge in [0.15, 0.2) is 11.2 Å². The van der Waals surface area contributed by atoms with Crippen molar-refractivity contribution in [2.45, 2.75) is 257 Å². The van der Waals surface area contributed by atoms with Gasteiger partial charge in [0.25, 0.3) is 0 Å². The molecule has 0 atom stereocenters. The quantitative estimate of drug-likeness (QED) is 0.00780. The van der Waals surface area contributed by atoms with Crippen LogP contribution in [0, 0.1) is 134 Å². The topological polar surface area (TPSA) is 210 Å². The fraction of sp³-hybridized carbons (Fsp3) is 0.474. The number of benzene rings is 6. The van der Waals surface area contributed by atoms with Crippen molar-refractivity contribution in [2.75, 3.05) is 26.4 Å². The van der Waals surface area contributed by atoms with E-state index in [1.165, 1.54) is 80.6 Å². The molecule has 0 unspecified atom stereocenters. The first-order chi connectivity index (χ1) is 63.7. The van der Waals surface area contributed by atoms with Crippen LogP contribution in [0.2, 0.25) is 0 Å². The van der Waals surface area contributed by atoms with E-state index in [1.807, 2.05) is 98.8 Å². The Balaban J connectivity index is 0.000000235. The number of hydrogen-bond acceptors (Lipinski definition) is 16. The van der Waals surface area contributed by atoms with E-state index in [0.29, 0.717) is 164 Å². The fourth-order valence-electron chi connectivity index (χ4n) is 18.7. The highest BCUT2D eigenvalue weighted by Gasteiger charge is 2.43. The summed E-state index contributed by atoms with van der Waals surface area (Å²) in [5.74, 6) is 35.4. The second-order valence-corrected chi connectivity index (χ2v) is 36.9. The summed E-state index contributed by atoms with van der Waals surface area (Å²) in [6, 6.07) is 44.9. The Morgan fingerprint density at radius 2 is 0.649 bits per heavy atom. The average molecular weight is 1880 g/mol. The van der Waals surface area contributed by atoms with E-state index < -0.39 is 35.1 Å². The largest absolute Gasteiger partial charge is 0.465 e. The molecule has 6 saturated carbocycles. The van der Waals surface area contributed by atoms with E-state index in [0.717, 1.165) is 113 Å². The zero-order chi connectivity index (χ0) is 93.0. The van der Waals surface area contributed by atoms with E-state index in [9.17, 15) is 38.4 Å². The van der Waals surface area contributed by atoms with Crippen molar-refractivity contribution in [3.63, 3.8) is 0 Å². The summed E-state index contributed by atoms with van der Waals surface area (Å²) in [5, 5.41) is 0. The Hall–Kier alpha value is -11.4. The number of rotatable bonds is 30. The minimum atomic E-state index is -0.917. The summed E-state index contributed by atoms with van der Waals surface area (Å²) in [6.07, 6.45) is 39.4. The maximum absolute atomic E-state index is 13.8. The summed E-state index contributed by atoms with van der Waals surface area (Å²) in [7, 11) is 0. The highest BCUT2D eigenvalue weighted by Crippen LogP contribution is 2.47. The molecule has 0 saturated heterocycles. The number of ether oxygens (including phenoxy) is 8. The SMILES string of the molecule is C#CC1(OC(=O)c2ccc(OC(=O)C3CCC(C(=O)OCCCCCOC(=O)C=C)CC3)cc2)CCC(C2CCC(CCC)CC2)CC1.C=CC(=O)OCCCCCOC(=O)C1CCC(C(=O)Oc2ccc(C(=O)OC3(C#Cc4ccc(C#Cc5ccc(C#CC)cc5)cc4)CCC(C4CCC(CCC)CC4)CC3)cc2)CC1.CC#Cc1ccc(C#Cc2ccc(I)cc2)cc1. The molecule has 16 nitrogen and oxygen atoms in total.